The van der Waals surface area contributed by atoms with Crippen molar-refractivity contribution < 1.29 is 4.42 Å². The molecule has 0 N–H and O–H groups in total. The largest absolute Gasteiger partial charge is 0.455 e. The minimum absolute atomic E-state index is 0.605. The molecule has 10 aromatic rings. The topological polar surface area (TPSA) is 51.8 Å². The minimum atomic E-state index is 0.605. The third-order valence-electron chi connectivity index (χ3n) is 9.50. The maximum absolute atomic E-state index is 6.68. The van der Waals surface area contributed by atoms with Gasteiger partial charge in [-0.1, -0.05) is 146 Å². The van der Waals surface area contributed by atoms with Crippen LogP contribution in [0.4, 0.5) is 0 Å². The molecule has 0 aliphatic carbocycles. The van der Waals surface area contributed by atoms with Crippen LogP contribution in [0.5, 0.6) is 0 Å². The van der Waals surface area contributed by atoms with Gasteiger partial charge in [0.1, 0.15) is 11.2 Å². The molecule has 0 bridgehead atoms. The lowest BCUT2D eigenvalue weighted by Gasteiger charge is -2.10. The van der Waals surface area contributed by atoms with Crippen LogP contribution in [0.15, 0.2) is 168 Å². The van der Waals surface area contributed by atoms with E-state index >= 15 is 0 Å². The van der Waals surface area contributed by atoms with E-state index in [0.29, 0.717) is 17.5 Å². The lowest BCUT2D eigenvalue weighted by molar-refractivity contribution is 0.673. The zero-order chi connectivity index (χ0) is 32.3. The van der Waals surface area contributed by atoms with Gasteiger partial charge in [0, 0.05) is 32.8 Å². The number of benzene rings is 8. The quantitative estimate of drug-likeness (QED) is 0.183. The van der Waals surface area contributed by atoms with E-state index in [1.165, 1.54) is 27.1 Å². The van der Waals surface area contributed by atoms with Gasteiger partial charge in [0.15, 0.2) is 17.5 Å². The molecule has 0 saturated carbocycles. The number of hydrogen-bond acceptors (Lipinski definition) is 4. The van der Waals surface area contributed by atoms with Crippen LogP contribution in [0.3, 0.4) is 0 Å². The zero-order valence-corrected chi connectivity index (χ0v) is 26.3. The molecule has 2 heterocycles. The van der Waals surface area contributed by atoms with Gasteiger partial charge in [-0.05, 0) is 56.3 Å². The van der Waals surface area contributed by atoms with Gasteiger partial charge in [0.25, 0.3) is 0 Å². The molecule has 4 heteroatoms. The van der Waals surface area contributed by atoms with Gasteiger partial charge < -0.3 is 4.42 Å². The van der Waals surface area contributed by atoms with Crippen molar-refractivity contribution in [2.75, 3.05) is 0 Å². The molecular weight excluding hydrogens is 599 g/mol. The number of hydrogen-bond donors (Lipinski definition) is 0. The highest BCUT2D eigenvalue weighted by Gasteiger charge is 2.19. The first-order chi connectivity index (χ1) is 24.3. The third kappa shape index (κ3) is 4.57. The molecule has 228 valence electrons. The molecule has 0 amide bonds. The van der Waals surface area contributed by atoms with E-state index in [2.05, 4.69) is 121 Å². The summed E-state index contributed by atoms with van der Waals surface area (Å²) in [5, 5.41) is 9.11. The Morgan fingerprint density at radius 3 is 1.80 bits per heavy atom. The summed E-state index contributed by atoms with van der Waals surface area (Å²) in [6, 6.07) is 56.9. The zero-order valence-electron chi connectivity index (χ0n) is 26.3. The molecule has 49 heavy (non-hydrogen) atoms. The average molecular weight is 626 g/mol. The van der Waals surface area contributed by atoms with Crippen LogP contribution in [-0.4, -0.2) is 15.0 Å². The number of aromatic nitrogens is 3. The lowest BCUT2D eigenvalue weighted by atomic mass is 9.98. The summed E-state index contributed by atoms with van der Waals surface area (Å²) in [7, 11) is 0. The summed E-state index contributed by atoms with van der Waals surface area (Å²) >= 11 is 0. The molecule has 0 saturated heterocycles. The number of rotatable bonds is 4. The molecule has 0 radical (unpaired) electrons. The number of nitrogens with zero attached hydrogens (tertiary/aromatic N) is 3. The predicted octanol–water partition coefficient (Wildman–Crippen LogP) is 11.9. The maximum atomic E-state index is 6.68. The van der Waals surface area contributed by atoms with Crippen molar-refractivity contribution in [3.05, 3.63) is 164 Å². The Morgan fingerprint density at radius 2 is 0.959 bits per heavy atom. The molecule has 0 spiro atoms. The summed E-state index contributed by atoms with van der Waals surface area (Å²) in [6.07, 6.45) is 0. The van der Waals surface area contributed by atoms with Crippen LogP contribution in [0.25, 0.3) is 99.5 Å². The van der Waals surface area contributed by atoms with Crippen molar-refractivity contribution in [2.45, 2.75) is 0 Å². The summed E-state index contributed by atoms with van der Waals surface area (Å²) in [5.41, 5.74) is 6.75. The van der Waals surface area contributed by atoms with E-state index in [9.17, 15) is 0 Å². The van der Waals surface area contributed by atoms with Crippen molar-refractivity contribution in [1.82, 2.24) is 15.0 Å². The van der Waals surface area contributed by atoms with Crippen LogP contribution in [0, 0.1) is 0 Å². The third-order valence-corrected chi connectivity index (χ3v) is 9.50. The highest BCUT2D eigenvalue weighted by molar-refractivity contribution is 6.24. The van der Waals surface area contributed by atoms with E-state index < -0.39 is 0 Å². The van der Waals surface area contributed by atoms with Crippen LogP contribution >= 0.6 is 0 Å². The van der Waals surface area contributed by atoms with Gasteiger partial charge in [-0.25, -0.2) is 15.0 Å². The van der Waals surface area contributed by atoms with Crippen molar-refractivity contribution >= 4 is 54.3 Å². The van der Waals surface area contributed by atoms with Crippen molar-refractivity contribution in [1.29, 1.82) is 0 Å². The lowest BCUT2D eigenvalue weighted by Crippen LogP contribution is -2.00. The summed E-state index contributed by atoms with van der Waals surface area (Å²) in [4.78, 5) is 15.2. The van der Waals surface area contributed by atoms with E-state index in [1.54, 1.807) is 0 Å². The monoisotopic (exact) mass is 625 g/mol. The van der Waals surface area contributed by atoms with Gasteiger partial charge in [0.2, 0.25) is 0 Å². The fourth-order valence-electron chi connectivity index (χ4n) is 7.08. The summed E-state index contributed by atoms with van der Waals surface area (Å²) in [5.74, 6) is 1.85. The van der Waals surface area contributed by atoms with Crippen LogP contribution in [0.1, 0.15) is 0 Å². The predicted molar refractivity (Wildman–Crippen MR) is 201 cm³/mol. The first kappa shape index (κ1) is 27.5. The van der Waals surface area contributed by atoms with Gasteiger partial charge >= 0.3 is 0 Å². The van der Waals surface area contributed by atoms with E-state index in [0.717, 1.165) is 55.0 Å². The second kappa shape index (κ2) is 11.0. The van der Waals surface area contributed by atoms with Crippen molar-refractivity contribution in [3.63, 3.8) is 0 Å². The van der Waals surface area contributed by atoms with Crippen LogP contribution in [-0.2, 0) is 0 Å². The minimum Gasteiger partial charge on any atom is -0.455 e. The highest BCUT2D eigenvalue weighted by Crippen LogP contribution is 2.41. The first-order valence-corrected chi connectivity index (χ1v) is 16.4. The normalized spacial score (nSPS) is 11.7. The fraction of sp³-hybridized carbons (Fsp3) is 0. The molecule has 8 aromatic carbocycles. The Kier molecular flexibility index (Phi) is 6.15. The standard InChI is InChI=1S/C45H27N3O/c1-2-11-32(12-3-1)43-46-44(33-22-17-29(18-23-33)35-24-19-28-9-4-5-13-34(28)27-35)48-45(47-43)38-15-8-16-39-41(38)37-26-25-31-21-20-30-10-6-7-14-36(30)40(31)42(37)49-39/h1-27H. The van der Waals surface area contributed by atoms with Gasteiger partial charge in [-0.3, -0.25) is 0 Å². The highest BCUT2D eigenvalue weighted by atomic mass is 16.3. The number of furan rings is 1. The Morgan fingerprint density at radius 1 is 0.347 bits per heavy atom. The molecular formula is C45H27N3O. The molecule has 2 aromatic heterocycles. The van der Waals surface area contributed by atoms with Crippen molar-refractivity contribution in [2.24, 2.45) is 0 Å². The molecule has 0 aliphatic heterocycles. The Hall–Kier alpha value is -6.65. The van der Waals surface area contributed by atoms with Gasteiger partial charge in [-0.15, -0.1) is 0 Å². The Bertz CT molecular complexity index is 2870. The van der Waals surface area contributed by atoms with E-state index in [1.807, 2.05) is 42.5 Å². The van der Waals surface area contributed by atoms with E-state index in [-0.39, 0.29) is 0 Å². The molecule has 0 unspecified atom stereocenters. The van der Waals surface area contributed by atoms with Crippen LogP contribution < -0.4 is 0 Å². The second-order valence-corrected chi connectivity index (χ2v) is 12.4. The second-order valence-electron chi connectivity index (χ2n) is 12.4. The smallest absolute Gasteiger partial charge is 0.164 e. The molecule has 0 aliphatic rings. The Balaban J connectivity index is 1.16. The SMILES string of the molecule is c1ccc(-c2nc(-c3ccc(-c4ccc5ccccc5c4)cc3)nc(-c3cccc4oc5c(ccc6ccc7ccccc7c65)c34)n2)cc1. The van der Waals surface area contributed by atoms with Crippen LogP contribution in [0.2, 0.25) is 0 Å². The first-order valence-electron chi connectivity index (χ1n) is 16.4. The van der Waals surface area contributed by atoms with Gasteiger partial charge in [0.05, 0.1) is 0 Å². The molecule has 0 fully saturated rings. The Labute approximate surface area is 282 Å². The van der Waals surface area contributed by atoms with E-state index in [4.69, 9.17) is 19.4 Å². The number of fused-ring (bicyclic) bond motifs is 8. The van der Waals surface area contributed by atoms with Gasteiger partial charge in [-0.2, -0.15) is 0 Å². The average Bonchev–Trinajstić information content (AvgIpc) is 3.57. The molecule has 10 rings (SSSR count). The fourth-order valence-corrected chi connectivity index (χ4v) is 7.08. The molecule has 4 nitrogen and oxygen atoms in total. The van der Waals surface area contributed by atoms with Crippen molar-refractivity contribution in [3.8, 4) is 45.3 Å². The molecule has 0 atom stereocenters. The summed E-state index contributed by atoms with van der Waals surface area (Å²) < 4.78 is 6.68. The maximum Gasteiger partial charge on any atom is 0.164 e. The summed E-state index contributed by atoms with van der Waals surface area (Å²) in [6.45, 7) is 0.